The summed E-state index contributed by atoms with van der Waals surface area (Å²) in [6.07, 6.45) is 0. The van der Waals surface area contributed by atoms with Crippen molar-refractivity contribution in [3.05, 3.63) is 54.2 Å². The predicted octanol–water partition coefficient (Wildman–Crippen LogP) is 3.74. The molecule has 2 N–H and O–H groups in total. The normalized spacial score (nSPS) is 11.0. The molecule has 0 amide bonds. The van der Waals surface area contributed by atoms with Crippen molar-refractivity contribution in [3.63, 3.8) is 0 Å². The van der Waals surface area contributed by atoms with Crippen molar-refractivity contribution in [1.29, 1.82) is 0 Å². The first-order chi connectivity index (χ1) is 8.65. The van der Waals surface area contributed by atoms with Gasteiger partial charge in [-0.25, -0.2) is 0 Å². The standard InChI is InChI=1S/C16H16N2/c1-11-9-14-10-13(5-8-16(14)18(11)2)12-3-6-15(17)7-4-12/h3-10H,17H2,1-2H3. The molecule has 0 unspecified atom stereocenters. The van der Waals surface area contributed by atoms with Crippen molar-refractivity contribution in [2.24, 2.45) is 7.05 Å². The summed E-state index contributed by atoms with van der Waals surface area (Å²) in [5.74, 6) is 0. The average Bonchev–Trinajstić information content (AvgIpc) is 2.65. The highest BCUT2D eigenvalue weighted by atomic mass is 14.9. The van der Waals surface area contributed by atoms with E-state index in [0.29, 0.717) is 0 Å². The summed E-state index contributed by atoms with van der Waals surface area (Å²) in [7, 11) is 2.10. The Hall–Kier alpha value is -2.22. The highest BCUT2D eigenvalue weighted by Gasteiger charge is 2.04. The van der Waals surface area contributed by atoms with E-state index in [1.807, 2.05) is 12.1 Å². The van der Waals surface area contributed by atoms with Gasteiger partial charge in [0.2, 0.25) is 0 Å². The Bertz CT molecular complexity index is 706. The molecule has 1 aromatic heterocycles. The molecule has 0 fully saturated rings. The van der Waals surface area contributed by atoms with E-state index in [9.17, 15) is 0 Å². The molecule has 3 aromatic rings. The third-order valence-corrected chi connectivity index (χ3v) is 3.53. The van der Waals surface area contributed by atoms with Crippen LogP contribution in [0.2, 0.25) is 0 Å². The van der Waals surface area contributed by atoms with Crippen LogP contribution >= 0.6 is 0 Å². The minimum atomic E-state index is 0.801. The fourth-order valence-electron chi connectivity index (χ4n) is 2.34. The number of aryl methyl sites for hydroxylation is 2. The van der Waals surface area contributed by atoms with E-state index in [-0.39, 0.29) is 0 Å². The van der Waals surface area contributed by atoms with Crippen molar-refractivity contribution in [2.45, 2.75) is 6.92 Å². The molecule has 0 spiro atoms. The van der Waals surface area contributed by atoms with Crippen molar-refractivity contribution in [3.8, 4) is 11.1 Å². The largest absolute Gasteiger partial charge is 0.399 e. The van der Waals surface area contributed by atoms with E-state index in [4.69, 9.17) is 5.73 Å². The zero-order valence-electron chi connectivity index (χ0n) is 10.6. The maximum absolute atomic E-state index is 5.72. The van der Waals surface area contributed by atoms with Gasteiger partial charge >= 0.3 is 0 Å². The smallest absolute Gasteiger partial charge is 0.0480 e. The fourth-order valence-corrected chi connectivity index (χ4v) is 2.34. The lowest BCUT2D eigenvalue weighted by molar-refractivity contribution is 0.918. The van der Waals surface area contributed by atoms with Crippen LogP contribution in [0.5, 0.6) is 0 Å². The number of fused-ring (bicyclic) bond motifs is 1. The van der Waals surface area contributed by atoms with Crippen LogP contribution in [0, 0.1) is 6.92 Å². The summed E-state index contributed by atoms with van der Waals surface area (Å²) >= 11 is 0. The molecule has 0 radical (unpaired) electrons. The lowest BCUT2D eigenvalue weighted by Gasteiger charge is -2.04. The lowest BCUT2D eigenvalue weighted by atomic mass is 10.0. The third-order valence-electron chi connectivity index (χ3n) is 3.53. The van der Waals surface area contributed by atoms with Gasteiger partial charge in [-0.1, -0.05) is 18.2 Å². The molecule has 3 rings (SSSR count). The summed E-state index contributed by atoms with van der Waals surface area (Å²) in [4.78, 5) is 0. The summed E-state index contributed by atoms with van der Waals surface area (Å²) in [6.45, 7) is 2.13. The summed E-state index contributed by atoms with van der Waals surface area (Å²) in [5, 5.41) is 1.28. The average molecular weight is 236 g/mol. The van der Waals surface area contributed by atoms with E-state index in [0.717, 1.165) is 5.69 Å². The third kappa shape index (κ3) is 1.66. The summed E-state index contributed by atoms with van der Waals surface area (Å²) < 4.78 is 2.21. The first-order valence-electron chi connectivity index (χ1n) is 6.07. The Morgan fingerprint density at radius 3 is 2.28 bits per heavy atom. The van der Waals surface area contributed by atoms with Crippen LogP contribution < -0.4 is 5.73 Å². The molecule has 0 aliphatic rings. The first kappa shape index (κ1) is 10.9. The van der Waals surface area contributed by atoms with Gasteiger partial charge in [-0.2, -0.15) is 0 Å². The Labute approximate surface area is 107 Å². The van der Waals surface area contributed by atoms with E-state index in [1.165, 1.54) is 27.7 Å². The van der Waals surface area contributed by atoms with Gasteiger partial charge in [-0.15, -0.1) is 0 Å². The second kappa shape index (κ2) is 3.91. The van der Waals surface area contributed by atoms with Crippen molar-refractivity contribution in [2.75, 3.05) is 5.73 Å². The highest BCUT2D eigenvalue weighted by Crippen LogP contribution is 2.26. The van der Waals surface area contributed by atoms with E-state index in [2.05, 4.69) is 54.9 Å². The maximum Gasteiger partial charge on any atom is 0.0480 e. The molecule has 2 nitrogen and oxygen atoms in total. The molecule has 2 heteroatoms. The zero-order chi connectivity index (χ0) is 12.7. The van der Waals surface area contributed by atoms with Crippen LogP contribution in [0.3, 0.4) is 0 Å². The van der Waals surface area contributed by atoms with Crippen LogP contribution in [0.15, 0.2) is 48.5 Å². The number of aromatic nitrogens is 1. The van der Waals surface area contributed by atoms with Gasteiger partial charge in [-0.3, -0.25) is 0 Å². The lowest BCUT2D eigenvalue weighted by Crippen LogP contribution is -1.89. The SMILES string of the molecule is Cc1cc2cc(-c3ccc(N)cc3)ccc2n1C. The van der Waals surface area contributed by atoms with Crippen LogP contribution in [0.4, 0.5) is 5.69 Å². The molecule has 1 heterocycles. The monoisotopic (exact) mass is 236 g/mol. The number of benzene rings is 2. The van der Waals surface area contributed by atoms with Crippen molar-refractivity contribution >= 4 is 16.6 Å². The minimum Gasteiger partial charge on any atom is -0.399 e. The second-order valence-corrected chi connectivity index (χ2v) is 4.74. The topological polar surface area (TPSA) is 30.9 Å². The molecule has 0 bridgehead atoms. The van der Waals surface area contributed by atoms with E-state index in [1.54, 1.807) is 0 Å². The van der Waals surface area contributed by atoms with Gasteiger partial charge in [0, 0.05) is 29.3 Å². The highest BCUT2D eigenvalue weighted by molar-refractivity contribution is 5.86. The molecule has 90 valence electrons. The first-order valence-corrected chi connectivity index (χ1v) is 6.07. The number of anilines is 1. The molecular formula is C16H16N2. The van der Waals surface area contributed by atoms with Crippen molar-refractivity contribution in [1.82, 2.24) is 4.57 Å². The molecule has 18 heavy (non-hydrogen) atoms. The predicted molar refractivity (Wildman–Crippen MR) is 77.5 cm³/mol. The Morgan fingerprint density at radius 2 is 1.56 bits per heavy atom. The second-order valence-electron chi connectivity index (χ2n) is 4.74. The van der Waals surface area contributed by atoms with Crippen LogP contribution in [-0.4, -0.2) is 4.57 Å². The number of nitrogens with zero attached hydrogens (tertiary/aromatic N) is 1. The molecule has 0 aliphatic carbocycles. The molecule has 2 aromatic carbocycles. The molecule has 0 saturated heterocycles. The Morgan fingerprint density at radius 1 is 0.889 bits per heavy atom. The van der Waals surface area contributed by atoms with E-state index < -0.39 is 0 Å². The van der Waals surface area contributed by atoms with E-state index >= 15 is 0 Å². The zero-order valence-corrected chi connectivity index (χ0v) is 10.6. The number of nitrogen functional groups attached to an aromatic ring is 1. The number of rotatable bonds is 1. The maximum atomic E-state index is 5.72. The summed E-state index contributed by atoms with van der Waals surface area (Å²) in [5.41, 5.74) is 11.5. The number of hydrogen-bond acceptors (Lipinski definition) is 1. The van der Waals surface area contributed by atoms with Crippen molar-refractivity contribution < 1.29 is 0 Å². The van der Waals surface area contributed by atoms with Gasteiger partial charge in [-0.05, 0) is 48.4 Å². The van der Waals surface area contributed by atoms with Gasteiger partial charge in [0.1, 0.15) is 0 Å². The van der Waals surface area contributed by atoms with Crippen LogP contribution in [0.1, 0.15) is 5.69 Å². The van der Waals surface area contributed by atoms with Gasteiger partial charge in [0.15, 0.2) is 0 Å². The fraction of sp³-hybridized carbons (Fsp3) is 0.125. The van der Waals surface area contributed by atoms with Crippen LogP contribution in [0.25, 0.3) is 22.0 Å². The summed E-state index contributed by atoms with van der Waals surface area (Å²) in [6, 6.07) is 16.8. The minimum absolute atomic E-state index is 0.801. The number of hydrogen-bond donors (Lipinski definition) is 1. The Kier molecular flexibility index (Phi) is 2.37. The molecule has 0 saturated carbocycles. The van der Waals surface area contributed by atoms with Gasteiger partial charge in [0.25, 0.3) is 0 Å². The molecule has 0 atom stereocenters. The molecular weight excluding hydrogens is 220 g/mol. The number of nitrogens with two attached hydrogens (primary N) is 1. The van der Waals surface area contributed by atoms with Gasteiger partial charge in [0.05, 0.1) is 0 Å². The molecule has 0 aliphatic heterocycles. The Balaban J connectivity index is 2.16. The van der Waals surface area contributed by atoms with Gasteiger partial charge < -0.3 is 10.3 Å². The quantitative estimate of drug-likeness (QED) is 0.641. The van der Waals surface area contributed by atoms with Crippen LogP contribution in [-0.2, 0) is 7.05 Å².